The quantitative estimate of drug-likeness (QED) is 0.542. The van der Waals surface area contributed by atoms with Crippen molar-refractivity contribution in [1.82, 2.24) is 5.32 Å². The minimum absolute atomic E-state index is 0.491. The third-order valence-electron chi connectivity index (χ3n) is 2.01. The number of thiophene rings is 1. The molecule has 1 aromatic rings. The highest BCUT2D eigenvalue weighted by atomic mass is 32.1. The molecule has 1 aromatic heterocycles. The fourth-order valence-corrected chi connectivity index (χ4v) is 1.96. The van der Waals surface area contributed by atoms with Gasteiger partial charge in [0.25, 0.3) is 0 Å². The summed E-state index contributed by atoms with van der Waals surface area (Å²) in [5.74, 6) is 0. The maximum absolute atomic E-state index is 3.70. The molecule has 0 bridgehead atoms. The first kappa shape index (κ1) is 10.5. The van der Waals surface area contributed by atoms with Gasteiger partial charge in [-0.05, 0) is 37.8 Å². The predicted molar refractivity (Wildman–Crippen MR) is 60.2 cm³/mol. The Hall–Kier alpha value is -0.600. The van der Waals surface area contributed by atoms with Gasteiger partial charge in [0.1, 0.15) is 0 Å². The van der Waals surface area contributed by atoms with E-state index in [9.17, 15) is 0 Å². The van der Waals surface area contributed by atoms with E-state index < -0.39 is 0 Å². The van der Waals surface area contributed by atoms with E-state index in [2.05, 4.69) is 36.3 Å². The SMILES string of the molecule is C=CCCCN[C@H](C)c1cccs1. The van der Waals surface area contributed by atoms with Crippen LogP contribution < -0.4 is 5.32 Å². The summed E-state index contributed by atoms with van der Waals surface area (Å²) < 4.78 is 0. The van der Waals surface area contributed by atoms with Crippen LogP contribution in [-0.4, -0.2) is 6.54 Å². The minimum Gasteiger partial charge on any atom is -0.309 e. The largest absolute Gasteiger partial charge is 0.309 e. The van der Waals surface area contributed by atoms with Gasteiger partial charge < -0.3 is 5.32 Å². The Bertz CT molecular complexity index is 228. The van der Waals surface area contributed by atoms with E-state index in [1.165, 1.54) is 11.3 Å². The Kier molecular flexibility index (Phi) is 4.79. The van der Waals surface area contributed by atoms with Crippen LogP contribution in [0.1, 0.15) is 30.7 Å². The zero-order valence-corrected chi connectivity index (χ0v) is 8.94. The van der Waals surface area contributed by atoms with Gasteiger partial charge in [0.15, 0.2) is 0 Å². The van der Waals surface area contributed by atoms with Crippen LogP contribution in [0.3, 0.4) is 0 Å². The van der Waals surface area contributed by atoms with Gasteiger partial charge in [-0.2, -0.15) is 0 Å². The fraction of sp³-hybridized carbons (Fsp3) is 0.455. The van der Waals surface area contributed by atoms with E-state index in [0.717, 1.165) is 13.0 Å². The van der Waals surface area contributed by atoms with E-state index in [0.29, 0.717) is 6.04 Å². The molecule has 1 atom stereocenters. The van der Waals surface area contributed by atoms with Gasteiger partial charge in [-0.1, -0.05) is 12.1 Å². The molecule has 0 radical (unpaired) electrons. The molecule has 1 N–H and O–H groups in total. The second-order valence-corrected chi connectivity index (χ2v) is 4.10. The molecule has 0 amide bonds. The number of rotatable bonds is 6. The van der Waals surface area contributed by atoms with Crippen molar-refractivity contribution in [1.29, 1.82) is 0 Å². The molecule has 0 fully saturated rings. The van der Waals surface area contributed by atoms with Gasteiger partial charge >= 0.3 is 0 Å². The predicted octanol–water partition coefficient (Wildman–Crippen LogP) is 3.36. The maximum Gasteiger partial charge on any atom is 0.0386 e. The Labute approximate surface area is 84.5 Å². The van der Waals surface area contributed by atoms with Crippen molar-refractivity contribution in [2.24, 2.45) is 0 Å². The van der Waals surface area contributed by atoms with Crippen LogP contribution in [0, 0.1) is 0 Å². The van der Waals surface area contributed by atoms with Crippen LogP contribution in [0.15, 0.2) is 30.2 Å². The smallest absolute Gasteiger partial charge is 0.0386 e. The molecule has 0 saturated carbocycles. The standard InChI is InChI=1S/C11H17NS/c1-3-4-5-8-12-10(2)11-7-6-9-13-11/h3,6-7,9-10,12H,1,4-5,8H2,2H3/t10-/m1/s1. The van der Waals surface area contributed by atoms with E-state index in [4.69, 9.17) is 0 Å². The number of allylic oxidation sites excluding steroid dienone is 1. The maximum atomic E-state index is 3.70. The molecule has 1 rings (SSSR count). The molecular weight excluding hydrogens is 178 g/mol. The molecule has 0 unspecified atom stereocenters. The molecule has 13 heavy (non-hydrogen) atoms. The average Bonchev–Trinajstić information content (AvgIpc) is 2.65. The van der Waals surface area contributed by atoms with Crippen LogP contribution in [0.5, 0.6) is 0 Å². The molecule has 0 aromatic carbocycles. The van der Waals surface area contributed by atoms with Crippen LogP contribution in [-0.2, 0) is 0 Å². The van der Waals surface area contributed by atoms with Gasteiger partial charge in [-0.25, -0.2) is 0 Å². The topological polar surface area (TPSA) is 12.0 Å². The normalized spacial score (nSPS) is 12.7. The number of hydrogen-bond acceptors (Lipinski definition) is 2. The highest BCUT2D eigenvalue weighted by molar-refractivity contribution is 7.10. The zero-order chi connectivity index (χ0) is 9.52. The van der Waals surface area contributed by atoms with E-state index >= 15 is 0 Å². The first-order chi connectivity index (χ1) is 6.34. The molecule has 2 heteroatoms. The summed E-state index contributed by atoms with van der Waals surface area (Å²) in [6, 6.07) is 4.77. The summed E-state index contributed by atoms with van der Waals surface area (Å²) in [5.41, 5.74) is 0. The molecule has 1 heterocycles. The summed E-state index contributed by atoms with van der Waals surface area (Å²) >= 11 is 1.81. The lowest BCUT2D eigenvalue weighted by Gasteiger charge is -2.10. The van der Waals surface area contributed by atoms with E-state index in [1.54, 1.807) is 0 Å². The van der Waals surface area contributed by atoms with Crippen molar-refractivity contribution in [2.45, 2.75) is 25.8 Å². The van der Waals surface area contributed by atoms with E-state index in [1.807, 2.05) is 17.4 Å². The van der Waals surface area contributed by atoms with Crippen molar-refractivity contribution in [2.75, 3.05) is 6.54 Å². The Morgan fingerprint density at radius 2 is 2.54 bits per heavy atom. The number of unbranched alkanes of at least 4 members (excludes halogenated alkanes) is 1. The first-order valence-electron chi connectivity index (χ1n) is 4.72. The molecule has 0 aliphatic carbocycles. The molecule has 0 spiro atoms. The summed E-state index contributed by atoms with van der Waals surface area (Å²) in [6.45, 7) is 6.98. The summed E-state index contributed by atoms with van der Waals surface area (Å²) in [7, 11) is 0. The Morgan fingerprint density at radius 1 is 1.69 bits per heavy atom. The lowest BCUT2D eigenvalue weighted by Crippen LogP contribution is -2.18. The van der Waals surface area contributed by atoms with Crippen LogP contribution in [0.2, 0.25) is 0 Å². The number of hydrogen-bond donors (Lipinski definition) is 1. The lowest BCUT2D eigenvalue weighted by molar-refractivity contribution is 0.568. The number of nitrogens with one attached hydrogen (secondary N) is 1. The summed E-state index contributed by atoms with van der Waals surface area (Å²) in [4.78, 5) is 1.42. The second kappa shape index (κ2) is 5.95. The Balaban J connectivity index is 2.18. The van der Waals surface area contributed by atoms with Crippen molar-refractivity contribution >= 4 is 11.3 Å². The third kappa shape index (κ3) is 3.75. The van der Waals surface area contributed by atoms with Crippen LogP contribution in [0.25, 0.3) is 0 Å². The van der Waals surface area contributed by atoms with Crippen molar-refractivity contribution in [3.63, 3.8) is 0 Å². The van der Waals surface area contributed by atoms with Gasteiger partial charge in [0.2, 0.25) is 0 Å². The fourth-order valence-electron chi connectivity index (χ4n) is 1.20. The summed E-state index contributed by atoms with van der Waals surface area (Å²) in [5, 5.41) is 5.60. The Morgan fingerprint density at radius 3 is 3.15 bits per heavy atom. The third-order valence-corrected chi connectivity index (χ3v) is 3.06. The zero-order valence-electron chi connectivity index (χ0n) is 8.12. The van der Waals surface area contributed by atoms with Crippen molar-refractivity contribution in [3.05, 3.63) is 35.0 Å². The monoisotopic (exact) mass is 195 g/mol. The molecule has 72 valence electrons. The highest BCUT2D eigenvalue weighted by Crippen LogP contribution is 2.17. The molecule has 1 nitrogen and oxygen atoms in total. The van der Waals surface area contributed by atoms with Gasteiger partial charge in [-0.15, -0.1) is 17.9 Å². The van der Waals surface area contributed by atoms with Gasteiger partial charge in [0, 0.05) is 10.9 Å². The average molecular weight is 195 g/mol. The van der Waals surface area contributed by atoms with Crippen molar-refractivity contribution < 1.29 is 0 Å². The van der Waals surface area contributed by atoms with Crippen LogP contribution >= 0.6 is 11.3 Å². The summed E-state index contributed by atoms with van der Waals surface area (Å²) in [6.07, 6.45) is 4.25. The van der Waals surface area contributed by atoms with Gasteiger partial charge in [0.05, 0.1) is 0 Å². The van der Waals surface area contributed by atoms with E-state index in [-0.39, 0.29) is 0 Å². The highest BCUT2D eigenvalue weighted by Gasteiger charge is 2.03. The minimum atomic E-state index is 0.491. The first-order valence-corrected chi connectivity index (χ1v) is 5.60. The van der Waals surface area contributed by atoms with Gasteiger partial charge in [-0.3, -0.25) is 0 Å². The van der Waals surface area contributed by atoms with Crippen LogP contribution in [0.4, 0.5) is 0 Å². The molecular formula is C11H17NS. The molecule has 0 aliphatic heterocycles. The molecule has 0 saturated heterocycles. The molecule has 0 aliphatic rings. The van der Waals surface area contributed by atoms with Crippen molar-refractivity contribution in [3.8, 4) is 0 Å². The lowest BCUT2D eigenvalue weighted by atomic mass is 10.2. The second-order valence-electron chi connectivity index (χ2n) is 3.12.